The van der Waals surface area contributed by atoms with Crippen molar-refractivity contribution >= 4 is 0 Å². The maximum absolute atomic E-state index is 13.2. The second-order valence-electron chi connectivity index (χ2n) is 4.80. The van der Waals surface area contributed by atoms with E-state index in [1.807, 2.05) is 0 Å². The molecule has 19 heavy (non-hydrogen) atoms. The van der Waals surface area contributed by atoms with Gasteiger partial charge in [-0.1, -0.05) is 18.2 Å². The molecular formula is C16H16F2O. The summed E-state index contributed by atoms with van der Waals surface area (Å²) in [5.74, 6) is -0.567. The summed E-state index contributed by atoms with van der Waals surface area (Å²) in [5.41, 5.74) is 2.86. The molecule has 1 unspecified atom stereocenters. The molecule has 3 heteroatoms. The average molecular weight is 262 g/mol. The first-order valence-electron chi connectivity index (χ1n) is 6.16. The fourth-order valence-corrected chi connectivity index (χ4v) is 2.09. The van der Waals surface area contributed by atoms with Gasteiger partial charge < -0.3 is 5.11 Å². The van der Waals surface area contributed by atoms with E-state index in [2.05, 4.69) is 0 Å². The van der Waals surface area contributed by atoms with Crippen molar-refractivity contribution in [3.8, 4) is 0 Å². The molecular weight excluding hydrogens is 246 g/mol. The highest BCUT2D eigenvalue weighted by Gasteiger charge is 2.12. The van der Waals surface area contributed by atoms with Gasteiger partial charge in [0.25, 0.3) is 0 Å². The van der Waals surface area contributed by atoms with Gasteiger partial charge >= 0.3 is 0 Å². The van der Waals surface area contributed by atoms with E-state index in [1.54, 1.807) is 32.0 Å². The van der Waals surface area contributed by atoms with E-state index in [9.17, 15) is 13.9 Å². The largest absolute Gasteiger partial charge is 0.388 e. The second-order valence-corrected chi connectivity index (χ2v) is 4.80. The van der Waals surface area contributed by atoms with Crippen LogP contribution in [0.3, 0.4) is 0 Å². The number of halogens is 2. The monoisotopic (exact) mass is 262 g/mol. The van der Waals surface area contributed by atoms with Gasteiger partial charge in [0, 0.05) is 6.42 Å². The van der Waals surface area contributed by atoms with Crippen LogP contribution in [0.2, 0.25) is 0 Å². The Morgan fingerprint density at radius 1 is 1.00 bits per heavy atom. The second kappa shape index (κ2) is 5.49. The van der Waals surface area contributed by atoms with Crippen LogP contribution in [0.25, 0.3) is 0 Å². The van der Waals surface area contributed by atoms with Crippen LogP contribution < -0.4 is 0 Å². The first-order valence-corrected chi connectivity index (χ1v) is 6.16. The first-order chi connectivity index (χ1) is 8.97. The van der Waals surface area contributed by atoms with E-state index >= 15 is 0 Å². The zero-order chi connectivity index (χ0) is 14.0. The lowest BCUT2D eigenvalue weighted by atomic mass is 9.97. The van der Waals surface area contributed by atoms with E-state index < -0.39 is 6.10 Å². The minimum atomic E-state index is -0.719. The topological polar surface area (TPSA) is 20.2 Å². The van der Waals surface area contributed by atoms with E-state index in [0.29, 0.717) is 17.5 Å². The summed E-state index contributed by atoms with van der Waals surface area (Å²) in [5, 5.41) is 10.2. The molecule has 0 aromatic heterocycles. The van der Waals surface area contributed by atoms with Crippen molar-refractivity contribution in [2.45, 2.75) is 26.4 Å². The Kier molecular flexibility index (Phi) is 3.96. The van der Waals surface area contributed by atoms with Crippen LogP contribution in [0, 0.1) is 25.5 Å². The van der Waals surface area contributed by atoms with Crippen molar-refractivity contribution in [3.05, 3.63) is 70.3 Å². The SMILES string of the molecule is Cc1cc(C(O)Cc2ccc(F)cc2C)ccc1F. The maximum atomic E-state index is 13.2. The number of benzene rings is 2. The van der Waals surface area contributed by atoms with Crippen molar-refractivity contribution in [2.75, 3.05) is 0 Å². The Balaban J connectivity index is 2.20. The maximum Gasteiger partial charge on any atom is 0.126 e. The van der Waals surface area contributed by atoms with Crippen LogP contribution in [0.15, 0.2) is 36.4 Å². The Morgan fingerprint density at radius 2 is 1.74 bits per heavy atom. The molecule has 0 aliphatic heterocycles. The summed E-state index contributed by atoms with van der Waals surface area (Å²) >= 11 is 0. The normalized spacial score (nSPS) is 12.5. The van der Waals surface area contributed by atoms with Gasteiger partial charge in [0.15, 0.2) is 0 Å². The zero-order valence-corrected chi connectivity index (χ0v) is 11.0. The Hall–Kier alpha value is -1.74. The molecule has 2 aromatic rings. The number of aliphatic hydroxyl groups is 1. The minimum absolute atomic E-state index is 0.283. The number of hydrogen-bond acceptors (Lipinski definition) is 1. The van der Waals surface area contributed by atoms with Crippen LogP contribution in [0.5, 0.6) is 0 Å². The van der Waals surface area contributed by atoms with Crippen LogP contribution in [-0.4, -0.2) is 5.11 Å². The third-order valence-electron chi connectivity index (χ3n) is 3.28. The molecule has 100 valence electrons. The number of hydrogen-bond donors (Lipinski definition) is 1. The number of aliphatic hydroxyl groups excluding tert-OH is 1. The van der Waals surface area contributed by atoms with E-state index in [0.717, 1.165) is 11.1 Å². The molecule has 0 bridgehead atoms. The van der Waals surface area contributed by atoms with Gasteiger partial charge in [-0.05, 0) is 54.3 Å². The fraction of sp³-hybridized carbons (Fsp3) is 0.250. The Labute approximate surface area is 111 Å². The van der Waals surface area contributed by atoms with Crippen molar-refractivity contribution < 1.29 is 13.9 Å². The van der Waals surface area contributed by atoms with Crippen molar-refractivity contribution in [2.24, 2.45) is 0 Å². The minimum Gasteiger partial charge on any atom is -0.388 e. The van der Waals surface area contributed by atoms with E-state index in [4.69, 9.17) is 0 Å². The van der Waals surface area contributed by atoms with Crippen LogP contribution in [0.1, 0.15) is 28.4 Å². The molecule has 2 aromatic carbocycles. The van der Waals surface area contributed by atoms with E-state index in [1.165, 1.54) is 18.2 Å². The van der Waals surface area contributed by atoms with Gasteiger partial charge in [-0.25, -0.2) is 8.78 Å². The van der Waals surface area contributed by atoms with Gasteiger partial charge in [0.05, 0.1) is 6.10 Å². The van der Waals surface area contributed by atoms with Crippen LogP contribution >= 0.6 is 0 Å². The summed E-state index contributed by atoms with van der Waals surface area (Å²) in [6.07, 6.45) is -0.333. The van der Waals surface area contributed by atoms with Gasteiger partial charge in [-0.2, -0.15) is 0 Å². The molecule has 0 radical (unpaired) electrons. The number of rotatable bonds is 3. The molecule has 1 N–H and O–H groups in total. The molecule has 0 spiro atoms. The highest BCUT2D eigenvalue weighted by Crippen LogP contribution is 2.22. The summed E-state index contributed by atoms with van der Waals surface area (Å²) in [4.78, 5) is 0. The van der Waals surface area contributed by atoms with Crippen molar-refractivity contribution in [1.82, 2.24) is 0 Å². The molecule has 1 nitrogen and oxygen atoms in total. The lowest BCUT2D eigenvalue weighted by Crippen LogP contribution is -2.04. The fourth-order valence-electron chi connectivity index (χ4n) is 2.09. The predicted octanol–water partition coefficient (Wildman–Crippen LogP) is 3.86. The molecule has 0 aliphatic rings. The van der Waals surface area contributed by atoms with Gasteiger partial charge in [-0.3, -0.25) is 0 Å². The highest BCUT2D eigenvalue weighted by molar-refractivity contribution is 5.31. The molecule has 1 atom stereocenters. The third-order valence-corrected chi connectivity index (χ3v) is 3.28. The molecule has 0 saturated heterocycles. The lowest BCUT2D eigenvalue weighted by Gasteiger charge is -2.14. The van der Waals surface area contributed by atoms with Gasteiger partial charge in [0.1, 0.15) is 11.6 Å². The van der Waals surface area contributed by atoms with Crippen molar-refractivity contribution in [1.29, 1.82) is 0 Å². The van der Waals surface area contributed by atoms with Crippen molar-refractivity contribution in [3.63, 3.8) is 0 Å². The zero-order valence-electron chi connectivity index (χ0n) is 11.0. The van der Waals surface area contributed by atoms with Crippen LogP contribution in [0.4, 0.5) is 8.78 Å². The Morgan fingerprint density at radius 3 is 2.37 bits per heavy atom. The molecule has 0 aliphatic carbocycles. The molecule has 0 amide bonds. The molecule has 0 heterocycles. The summed E-state index contributed by atoms with van der Waals surface area (Å²) in [7, 11) is 0. The summed E-state index contributed by atoms with van der Waals surface area (Å²) in [6.45, 7) is 3.47. The summed E-state index contributed by atoms with van der Waals surface area (Å²) in [6, 6.07) is 9.06. The lowest BCUT2D eigenvalue weighted by molar-refractivity contribution is 0.178. The Bertz CT molecular complexity index is 593. The molecule has 0 fully saturated rings. The third kappa shape index (κ3) is 3.18. The van der Waals surface area contributed by atoms with Gasteiger partial charge in [0.2, 0.25) is 0 Å². The highest BCUT2D eigenvalue weighted by atomic mass is 19.1. The number of aryl methyl sites for hydroxylation is 2. The van der Waals surface area contributed by atoms with Crippen LogP contribution in [-0.2, 0) is 6.42 Å². The summed E-state index contributed by atoms with van der Waals surface area (Å²) < 4.78 is 26.2. The van der Waals surface area contributed by atoms with E-state index in [-0.39, 0.29) is 11.6 Å². The average Bonchev–Trinajstić information content (AvgIpc) is 2.36. The predicted molar refractivity (Wildman–Crippen MR) is 70.9 cm³/mol. The smallest absolute Gasteiger partial charge is 0.126 e. The van der Waals surface area contributed by atoms with Gasteiger partial charge in [-0.15, -0.1) is 0 Å². The molecule has 2 rings (SSSR count). The quantitative estimate of drug-likeness (QED) is 0.890. The standard InChI is InChI=1S/C16H16F2O/c1-10-8-14(17)5-3-12(10)9-16(19)13-4-6-15(18)11(2)7-13/h3-8,16,19H,9H2,1-2H3. The first kappa shape index (κ1) is 13.7. The molecule has 0 saturated carbocycles.